The Hall–Kier alpha value is -3.02. The van der Waals surface area contributed by atoms with Crippen LogP contribution in [0.5, 0.6) is 0 Å². The molecular formula is C20H22N2O4. The fourth-order valence-electron chi connectivity index (χ4n) is 3.01. The number of esters is 1. The van der Waals surface area contributed by atoms with E-state index in [0.717, 1.165) is 11.3 Å². The molecule has 2 aromatic rings. The number of para-hydroxylation sites is 1. The molecule has 6 heteroatoms. The van der Waals surface area contributed by atoms with E-state index in [1.165, 1.54) is 12.0 Å². The summed E-state index contributed by atoms with van der Waals surface area (Å²) in [5.74, 6) is -0.442. The zero-order valence-corrected chi connectivity index (χ0v) is 14.7. The SMILES string of the molecule is COC(=O)C1CN(c2ccccc2)CCN1C(=O)OCc1ccccc1. The first-order valence-electron chi connectivity index (χ1n) is 8.54. The summed E-state index contributed by atoms with van der Waals surface area (Å²) < 4.78 is 10.3. The second-order valence-electron chi connectivity index (χ2n) is 6.05. The third-order valence-corrected chi connectivity index (χ3v) is 4.41. The minimum absolute atomic E-state index is 0.173. The van der Waals surface area contributed by atoms with E-state index in [-0.39, 0.29) is 6.61 Å². The van der Waals surface area contributed by atoms with Gasteiger partial charge in [0, 0.05) is 25.3 Å². The van der Waals surface area contributed by atoms with Crippen molar-refractivity contribution in [1.82, 2.24) is 4.90 Å². The first-order valence-corrected chi connectivity index (χ1v) is 8.54. The summed E-state index contributed by atoms with van der Waals surface area (Å²) in [6.07, 6.45) is -0.503. The van der Waals surface area contributed by atoms with E-state index in [9.17, 15) is 9.59 Å². The van der Waals surface area contributed by atoms with Gasteiger partial charge in [0.1, 0.15) is 6.61 Å². The quantitative estimate of drug-likeness (QED) is 0.790. The van der Waals surface area contributed by atoms with Gasteiger partial charge < -0.3 is 14.4 Å². The molecule has 0 spiro atoms. The predicted octanol–water partition coefficient (Wildman–Crippen LogP) is 2.69. The minimum atomic E-state index is -0.697. The van der Waals surface area contributed by atoms with E-state index in [1.54, 1.807) is 0 Å². The van der Waals surface area contributed by atoms with Gasteiger partial charge in [0.05, 0.1) is 7.11 Å². The van der Waals surface area contributed by atoms with Crippen LogP contribution in [0.1, 0.15) is 5.56 Å². The lowest BCUT2D eigenvalue weighted by Crippen LogP contribution is -2.58. The molecule has 6 nitrogen and oxygen atoms in total. The monoisotopic (exact) mass is 354 g/mol. The molecule has 0 saturated carbocycles. The van der Waals surface area contributed by atoms with Crippen LogP contribution in [0.4, 0.5) is 10.5 Å². The summed E-state index contributed by atoms with van der Waals surface area (Å²) in [5.41, 5.74) is 1.91. The molecule has 1 saturated heterocycles. The van der Waals surface area contributed by atoms with Crippen molar-refractivity contribution in [2.24, 2.45) is 0 Å². The van der Waals surface area contributed by atoms with Gasteiger partial charge in [0.15, 0.2) is 6.04 Å². The number of hydrogen-bond donors (Lipinski definition) is 0. The number of nitrogens with zero attached hydrogens (tertiary/aromatic N) is 2. The van der Waals surface area contributed by atoms with Crippen LogP contribution in [0.3, 0.4) is 0 Å². The third kappa shape index (κ3) is 4.14. The van der Waals surface area contributed by atoms with Gasteiger partial charge in [-0.05, 0) is 17.7 Å². The van der Waals surface area contributed by atoms with Crippen LogP contribution in [0, 0.1) is 0 Å². The molecule has 136 valence electrons. The highest BCUT2D eigenvalue weighted by Crippen LogP contribution is 2.20. The number of carbonyl (C=O) groups is 2. The molecule has 1 aliphatic rings. The molecule has 1 aliphatic heterocycles. The lowest BCUT2D eigenvalue weighted by molar-refractivity contribution is -0.146. The van der Waals surface area contributed by atoms with Gasteiger partial charge in [-0.2, -0.15) is 0 Å². The highest BCUT2D eigenvalue weighted by Gasteiger charge is 2.37. The largest absolute Gasteiger partial charge is 0.467 e. The lowest BCUT2D eigenvalue weighted by Gasteiger charge is -2.40. The summed E-state index contributed by atoms with van der Waals surface area (Å²) in [7, 11) is 1.33. The van der Waals surface area contributed by atoms with Crippen LogP contribution in [-0.2, 0) is 20.9 Å². The third-order valence-electron chi connectivity index (χ3n) is 4.41. The predicted molar refractivity (Wildman–Crippen MR) is 97.8 cm³/mol. The fraction of sp³-hybridized carbons (Fsp3) is 0.300. The molecule has 3 rings (SSSR count). The summed E-state index contributed by atoms with van der Waals surface area (Å²) in [4.78, 5) is 28.3. The van der Waals surface area contributed by atoms with Gasteiger partial charge in [0.25, 0.3) is 0 Å². The van der Waals surface area contributed by atoms with Gasteiger partial charge in [-0.3, -0.25) is 4.90 Å². The average Bonchev–Trinajstić information content (AvgIpc) is 2.72. The Morgan fingerprint density at radius 2 is 1.65 bits per heavy atom. The number of carbonyl (C=O) groups excluding carboxylic acids is 2. The van der Waals surface area contributed by atoms with Gasteiger partial charge >= 0.3 is 12.1 Å². The lowest BCUT2D eigenvalue weighted by atomic mass is 10.1. The average molecular weight is 354 g/mol. The molecule has 1 atom stereocenters. The molecule has 1 fully saturated rings. The Bertz CT molecular complexity index is 736. The van der Waals surface area contributed by atoms with Crippen molar-refractivity contribution in [1.29, 1.82) is 0 Å². The Morgan fingerprint density at radius 3 is 2.31 bits per heavy atom. The second kappa shape index (κ2) is 8.38. The van der Waals surface area contributed by atoms with Crippen molar-refractivity contribution >= 4 is 17.7 Å². The molecule has 1 heterocycles. The van der Waals surface area contributed by atoms with Gasteiger partial charge in [-0.15, -0.1) is 0 Å². The number of rotatable bonds is 4. The number of hydrogen-bond acceptors (Lipinski definition) is 5. The van der Waals surface area contributed by atoms with Gasteiger partial charge in [-0.1, -0.05) is 48.5 Å². The number of methoxy groups -OCH3 is 1. The van der Waals surface area contributed by atoms with E-state index in [2.05, 4.69) is 4.90 Å². The Morgan fingerprint density at radius 1 is 1.00 bits per heavy atom. The zero-order valence-electron chi connectivity index (χ0n) is 14.7. The Kier molecular flexibility index (Phi) is 5.73. The van der Waals surface area contributed by atoms with Crippen molar-refractivity contribution in [3.05, 3.63) is 66.2 Å². The molecule has 1 unspecified atom stereocenters. The minimum Gasteiger partial charge on any atom is -0.467 e. The van der Waals surface area contributed by atoms with Crippen LogP contribution in [0.25, 0.3) is 0 Å². The molecule has 0 N–H and O–H groups in total. The van der Waals surface area contributed by atoms with Crippen LogP contribution in [0.2, 0.25) is 0 Å². The van der Waals surface area contributed by atoms with E-state index in [1.807, 2.05) is 60.7 Å². The van der Waals surface area contributed by atoms with Crippen LogP contribution >= 0.6 is 0 Å². The number of amides is 1. The topological polar surface area (TPSA) is 59.1 Å². The molecule has 1 amide bonds. The van der Waals surface area contributed by atoms with E-state index in [4.69, 9.17) is 9.47 Å². The summed E-state index contributed by atoms with van der Waals surface area (Å²) in [5, 5.41) is 0. The summed E-state index contributed by atoms with van der Waals surface area (Å²) in [6.45, 7) is 1.56. The number of ether oxygens (including phenoxy) is 2. The highest BCUT2D eigenvalue weighted by atomic mass is 16.6. The molecule has 0 radical (unpaired) electrons. The number of benzene rings is 2. The van der Waals surface area contributed by atoms with E-state index >= 15 is 0 Å². The van der Waals surface area contributed by atoms with Crippen LogP contribution in [-0.4, -0.2) is 49.7 Å². The standard InChI is InChI=1S/C20H22N2O4/c1-25-19(23)18-14-21(17-10-6-3-7-11-17)12-13-22(18)20(24)26-15-16-8-4-2-5-9-16/h2-11,18H,12-15H2,1H3. The zero-order chi connectivity index (χ0) is 18.4. The Balaban J connectivity index is 1.67. The Labute approximate surface area is 152 Å². The highest BCUT2D eigenvalue weighted by molar-refractivity contribution is 5.82. The van der Waals surface area contributed by atoms with Crippen molar-refractivity contribution in [2.75, 3.05) is 31.6 Å². The number of anilines is 1. The van der Waals surface area contributed by atoms with E-state index < -0.39 is 18.1 Å². The van der Waals surface area contributed by atoms with Crippen molar-refractivity contribution in [2.45, 2.75) is 12.6 Å². The van der Waals surface area contributed by atoms with Crippen molar-refractivity contribution < 1.29 is 19.1 Å². The van der Waals surface area contributed by atoms with Crippen LogP contribution < -0.4 is 4.90 Å². The maximum Gasteiger partial charge on any atom is 0.410 e. The fourth-order valence-corrected chi connectivity index (χ4v) is 3.01. The van der Waals surface area contributed by atoms with E-state index in [0.29, 0.717) is 19.6 Å². The molecule has 0 aromatic heterocycles. The van der Waals surface area contributed by atoms with Crippen molar-refractivity contribution in [3.63, 3.8) is 0 Å². The maximum absolute atomic E-state index is 12.5. The van der Waals surface area contributed by atoms with Gasteiger partial charge in [0.2, 0.25) is 0 Å². The van der Waals surface area contributed by atoms with Crippen LogP contribution in [0.15, 0.2) is 60.7 Å². The van der Waals surface area contributed by atoms with Crippen molar-refractivity contribution in [3.8, 4) is 0 Å². The number of piperazine rings is 1. The second-order valence-corrected chi connectivity index (χ2v) is 6.05. The summed E-state index contributed by atoms with van der Waals surface area (Å²) in [6, 6.07) is 18.6. The molecule has 2 aromatic carbocycles. The molecule has 0 bridgehead atoms. The first kappa shape index (κ1) is 17.8. The maximum atomic E-state index is 12.5. The normalized spacial score (nSPS) is 16.9. The molecular weight excluding hydrogens is 332 g/mol. The van der Waals surface area contributed by atoms with Gasteiger partial charge in [-0.25, -0.2) is 9.59 Å². The molecule has 0 aliphatic carbocycles. The first-order chi connectivity index (χ1) is 12.7. The smallest absolute Gasteiger partial charge is 0.410 e. The summed E-state index contributed by atoms with van der Waals surface area (Å²) >= 11 is 0. The molecule has 26 heavy (non-hydrogen) atoms.